The van der Waals surface area contributed by atoms with Gasteiger partial charge in [0.2, 0.25) is 5.91 Å². The zero-order valence-electron chi connectivity index (χ0n) is 9.79. The number of carbonyl (C=O) groups excluding carboxylic acids is 1. The molecule has 0 aromatic rings. The van der Waals surface area contributed by atoms with E-state index in [0.29, 0.717) is 0 Å². The van der Waals surface area contributed by atoms with Crippen LogP contribution in [0.1, 0.15) is 20.8 Å². The quantitative estimate of drug-likeness (QED) is 0.562. The summed E-state index contributed by atoms with van der Waals surface area (Å²) in [5.74, 6) is -1.24. The van der Waals surface area contributed by atoms with E-state index in [0.717, 1.165) is 0 Å². The van der Waals surface area contributed by atoms with Gasteiger partial charge in [-0.25, -0.2) is 0 Å². The molecule has 0 fully saturated rings. The summed E-state index contributed by atoms with van der Waals surface area (Å²) in [6.07, 6.45) is 0. The minimum Gasteiger partial charge on any atom is -0.480 e. The molecule has 3 N–H and O–H groups in total. The maximum Gasteiger partial charge on any atom is 0.322 e. The molecule has 0 unspecified atom stereocenters. The minimum atomic E-state index is -1.09. The van der Waals surface area contributed by atoms with Gasteiger partial charge in [-0.05, 0) is 27.4 Å². The van der Waals surface area contributed by atoms with Crippen molar-refractivity contribution in [1.82, 2.24) is 10.6 Å². The zero-order chi connectivity index (χ0) is 12.8. The van der Waals surface area contributed by atoms with E-state index in [1.807, 2.05) is 20.8 Å². The summed E-state index contributed by atoms with van der Waals surface area (Å²) in [5.41, 5.74) is -0.387. The molecule has 6 nitrogen and oxygen atoms in total. The Kier molecular flexibility index (Phi) is 5.35. The van der Waals surface area contributed by atoms with Gasteiger partial charge >= 0.3 is 5.97 Å². The molecule has 0 heterocycles. The van der Waals surface area contributed by atoms with Crippen LogP contribution in [0.15, 0.2) is 12.5 Å². The molecule has 0 atom stereocenters. The van der Waals surface area contributed by atoms with E-state index in [1.165, 1.54) is 0 Å². The lowest BCUT2D eigenvalue weighted by molar-refractivity contribution is -0.137. The van der Waals surface area contributed by atoms with Gasteiger partial charge in [0.1, 0.15) is 12.1 Å². The fourth-order valence-corrected chi connectivity index (χ4v) is 0.821. The molecule has 1 amide bonds. The number of amides is 1. The van der Waals surface area contributed by atoms with Crippen molar-refractivity contribution < 1.29 is 19.4 Å². The van der Waals surface area contributed by atoms with Crippen molar-refractivity contribution >= 4 is 11.9 Å². The summed E-state index contributed by atoms with van der Waals surface area (Å²) in [6.45, 7) is 8.67. The number of aliphatic carboxylic acids is 1. The van der Waals surface area contributed by atoms with E-state index in [9.17, 15) is 9.59 Å². The molecule has 0 aliphatic carbocycles. The van der Waals surface area contributed by atoms with Crippen LogP contribution in [-0.4, -0.2) is 35.7 Å². The third kappa shape index (κ3) is 8.86. The second-order valence-corrected chi connectivity index (χ2v) is 4.16. The van der Waals surface area contributed by atoms with Crippen molar-refractivity contribution in [3.63, 3.8) is 0 Å². The number of carboxylic acid groups (broad SMARTS) is 1. The topological polar surface area (TPSA) is 87.7 Å². The van der Waals surface area contributed by atoms with Crippen LogP contribution in [0.5, 0.6) is 0 Å². The molecule has 0 saturated heterocycles. The Hall–Kier alpha value is -1.72. The van der Waals surface area contributed by atoms with E-state index < -0.39 is 18.4 Å². The smallest absolute Gasteiger partial charge is 0.322 e. The summed E-state index contributed by atoms with van der Waals surface area (Å²) < 4.78 is 5.31. The first-order valence-corrected chi connectivity index (χ1v) is 4.81. The number of carbonyl (C=O) groups is 2. The first-order valence-electron chi connectivity index (χ1n) is 4.81. The standard InChI is InChI=1S/C10H18N2O4/c1-7(16-10(2,3)4)11-5-8(13)12-6-9(14)15/h11H,1,5-6H2,2-4H3,(H,12,13)(H,14,15). The second-order valence-electron chi connectivity index (χ2n) is 4.16. The number of ether oxygens (including phenoxy) is 1. The lowest BCUT2D eigenvalue weighted by Gasteiger charge is -2.23. The van der Waals surface area contributed by atoms with Gasteiger partial charge in [0.05, 0.1) is 6.54 Å². The highest BCUT2D eigenvalue weighted by atomic mass is 16.5. The molecule has 0 aliphatic heterocycles. The van der Waals surface area contributed by atoms with Gasteiger partial charge in [0, 0.05) is 0 Å². The van der Waals surface area contributed by atoms with Crippen LogP contribution in [0.3, 0.4) is 0 Å². The average Bonchev–Trinajstić information content (AvgIpc) is 2.08. The predicted octanol–water partition coefficient (Wildman–Crippen LogP) is 0.0631. The average molecular weight is 230 g/mol. The SMILES string of the molecule is C=C(NCC(=O)NCC(=O)O)OC(C)(C)C. The second kappa shape index (κ2) is 5.99. The Balaban J connectivity index is 3.76. The van der Waals surface area contributed by atoms with Gasteiger partial charge in [-0.3, -0.25) is 9.59 Å². The highest BCUT2D eigenvalue weighted by Crippen LogP contribution is 2.09. The molecule has 0 aliphatic rings. The van der Waals surface area contributed by atoms with Crippen LogP contribution in [0, 0.1) is 0 Å². The molecule has 0 aromatic carbocycles. The van der Waals surface area contributed by atoms with Gasteiger partial charge in [-0.15, -0.1) is 0 Å². The monoisotopic (exact) mass is 230 g/mol. The Morgan fingerprint density at radius 3 is 2.25 bits per heavy atom. The number of hydrogen-bond acceptors (Lipinski definition) is 4. The molecule has 0 saturated carbocycles. The normalized spacial score (nSPS) is 10.4. The van der Waals surface area contributed by atoms with E-state index in [2.05, 4.69) is 17.2 Å². The maximum atomic E-state index is 11.1. The molecular weight excluding hydrogens is 212 g/mol. The molecular formula is C10H18N2O4. The molecule has 0 spiro atoms. The zero-order valence-corrected chi connectivity index (χ0v) is 9.79. The van der Waals surface area contributed by atoms with E-state index in [-0.39, 0.29) is 18.0 Å². The number of carboxylic acids is 1. The molecule has 0 aromatic heterocycles. The van der Waals surface area contributed by atoms with Crippen molar-refractivity contribution in [2.75, 3.05) is 13.1 Å². The highest BCUT2D eigenvalue weighted by molar-refractivity contribution is 5.82. The van der Waals surface area contributed by atoms with Gasteiger partial charge in [-0.2, -0.15) is 0 Å². The number of rotatable bonds is 6. The van der Waals surface area contributed by atoms with Crippen LogP contribution < -0.4 is 10.6 Å². The Morgan fingerprint density at radius 2 is 1.81 bits per heavy atom. The summed E-state index contributed by atoms with van der Waals surface area (Å²) in [6, 6.07) is 0. The van der Waals surface area contributed by atoms with Crippen molar-refractivity contribution in [1.29, 1.82) is 0 Å². The van der Waals surface area contributed by atoms with Crippen molar-refractivity contribution in [3.05, 3.63) is 12.5 Å². The van der Waals surface area contributed by atoms with Crippen LogP contribution in [0.4, 0.5) is 0 Å². The van der Waals surface area contributed by atoms with Crippen molar-refractivity contribution in [2.45, 2.75) is 26.4 Å². The molecule has 6 heteroatoms. The Labute approximate surface area is 94.7 Å². The summed E-state index contributed by atoms with van der Waals surface area (Å²) in [5, 5.41) is 13.2. The van der Waals surface area contributed by atoms with Crippen LogP contribution in [0.2, 0.25) is 0 Å². The number of nitrogens with one attached hydrogen (secondary N) is 2. The van der Waals surface area contributed by atoms with E-state index >= 15 is 0 Å². The minimum absolute atomic E-state index is 0.0673. The lowest BCUT2D eigenvalue weighted by atomic mass is 10.2. The molecule has 0 rings (SSSR count). The number of hydrogen-bond donors (Lipinski definition) is 3. The van der Waals surface area contributed by atoms with Gasteiger partial charge in [0.25, 0.3) is 0 Å². The third-order valence-corrected chi connectivity index (χ3v) is 1.31. The van der Waals surface area contributed by atoms with Crippen LogP contribution in [0.25, 0.3) is 0 Å². The van der Waals surface area contributed by atoms with Crippen molar-refractivity contribution in [3.8, 4) is 0 Å². The molecule has 16 heavy (non-hydrogen) atoms. The summed E-state index contributed by atoms with van der Waals surface area (Å²) >= 11 is 0. The summed E-state index contributed by atoms with van der Waals surface area (Å²) in [4.78, 5) is 21.2. The third-order valence-electron chi connectivity index (χ3n) is 1.31. The van der Waals surface area contributed by atoms with E-state index in [1.54, 1.807) is 0 Å². The first kappa shape index (κ1) is 14.3. The Bertz CT molecular complexity index is 281. The van der Waals surface area contributed by atoms with Crippen molar-refractivity contribution in [2.24, 2.45) is 0 Å². The van der Waals surface area contributed by atoms with Gasteiger partial charge in [-0.1, -0.05) is 0 Å². The largest absolute Gasteiger partial charge is 0.480 e. The fourth-order valence-electron chi connectivity index (χ4n) is 0.821. The lowest BCUT2D eigenvalue weighted by Crippen LogP contribution is -2.37. The maximum absolute atomic E-state index is 11.1. The molecule has 0 bridgehead atoms. The van der Waals surface area contributed by atoms with Gasteiger partial charge < -0.3 is 20.5 Å². The highest BCUT2D eigenvalue weighted by Gasteiger charge is 2.12. The van der Waals surface area contributed by atoms with Crippen LogP contribution >= 0.6 is 0 Å². The van der Waals surface area contributed by atoms with Crippen LogP contribution in [-0.2, 0) is 14.3 Å². The molecule has 0 radical (unpaired) electrons. The summed E-state index contributed by atoms with van der Waals surface area (Å²) in [7, 11) is 0. The Morgan fingerprint density at radius 1 is 1.25 bits per heavy atom. The first-order chi connectivity index (χ1) is 7.20. The molecule has 92 valence electrons. The van der Waals surface area contributed by atoms with Gasteiger partial charge in [0.15, 0.2) is 5.88 Å². The van der Waals surface area contributed by atoms with E-state index in [4.69, 9.17) is 9.84 Å². The fraction of sp³-hybridized carbons (Fsp3) is 0.600. The predicted molar refractivity (Wildman–Crippen MR) is 58.6 cm³/mol.